The first-order chi connectivity index (χ1) is 9.76. The SMILES string of the molecule is CC1(C)Oc2cc(SCC(F)(F)F)ccc2-c2nn[se]c21. The van der Waals surface area contributed by atoms with E-state index in [1.807, 2.05) is 13.8 Å². The summed E-state index contributed by atoms with van der Waals surface area (Å²) in [4.78, 5) is 0.534. The molecular formula is C13H11F3N2OSSe. The number of rotatable bonds is 2. The van der Waals surface area contributed by atoms with Crippen LogP contribution in [0.3, 0.4) is 0 Å². The second kappa shape index (κ2) is 5.04. The van der Waals surface area contributed by atoms with Crippen molar-refractivity contribution in [3.05, 3.63) is 22.6 Å². The van der Waals surface area contributed by atoms with E-state index in [4.69, 9.17) is 4.74 Å². The molecule has 3 nitrogen and oxygen atoms in total. The number of hydrogen-bond acceptors (Lipinski definition) is 4. The van der Waals surface area contributed by atoms with Crippen molar-refractivity contribution < 1.29 is 17.9 Å². The topological polar surface area (TPSA) is 35.0 Å². The fourth-order valence-electron chi connectivity index (χ4n) is 2.12. The van der Waals surface area contributed by atoms with E-state index in [1.165, 1.54) is 0 Å². The van der Waals surface area contributed by atoms with Gasteiger partial charge < -0.3 is 0 Å². The first-order valence-corrected chi connectivity index (χ1v) is 8.73. The third kappa shape index (κ3) is 2.98. The average Bonchev–Trinajstić information content (AvgIpc) is 2.85. The Morgan fingerprint density at radius 1 is 1.33 bits per heavy atom. The number of nitrogens with zero attached hydrogens (tertiary/aromatic N) is 2. The maximum absolute atomic E-state index is 12.3. The number of halogens is 3. The fourth-order valence-corrected chi connectivity index (χ4v) is 4.28. The van der Waals surface area contributed by atoms with E-state index >= 15 is 0 Å². The molecule has 0 unspecified atom stereocenters. The predicted octanol–water partition coefficient (Wildman–Crippen LogP) is 3.48. The Morgan fingerprint density at radius 2 is 2.10 bits per heavy atom. The second-order valence-corrected chi connectivity index (χ2v) is 7.76. The normalized spacial score (nSPS) is 16.0. The van der Waals surface area contributed by atoms with Crippen molar-refractivity contribution in [2.75, 3.05) is 5.75 Å². The number of hydrogen-bond donors (Lipinski definition) is 0. The Labute approximate surface area is 129 Å². The Hall–Kier alpha value is -0.981. The second-order valence-electron chi connectivity index (χ2n) is 5.12. The summed E-state index contributed by atoms with van der Waals surface area (Å²) < 4.78 is 48.0. The molecule has 0 saturated carbocycles. The zero-order valence-corrected chi connectivity index (χ0v) is 13.7. The van der Waals surface area contributed by atoms with Crippen LogP contribution in [0.25, 0.3) is 11.3 Å². The van der Waals surface area contributed by atoms with Crippen molar-refractivity contribution in [2.45, 2.75) is 30.5 Å². The van der Waals surface area contributed by atoms with E-state index < -0.39 is 17.5 Å². The van der Waals surface area contributed by atoms with Crippen LogP contribution >= 0.6 is 11.8 Å². The maximum atomic E-state index is 12.3. The third-order valence-electron chi connectivity index (χ3n) is 3.01. The molecule has 1 aliphatic heterocycles. The van der Waals surface area contributed by atoms with Gasteiger partial charge in [-0.1, -0.05) is 0 Å². The first kappa shape index (κ1) is 14.9. The van der Waals surface area contributed by atoms with Crippen LogP contribution in [0.5, 0.6) is 5.75 Å². The molecule has 2 aromatic rings. The molecule has 0 aliphatic carbocycles. The van der Waals surface area contributed by atoms with E-state index in [0.29, 0.717) is 10.6 Å². The molecule has 0 fully saturated rings. The van der Waals surface area contributed by atoms with E-state index in [2.05, 4.69) is 9.19 Å². The standard InChI is InChI=1S/C13H11F3N2OSSe/c1-12(2)11-10(17-18-21-11)8-4-3-7(5-9(8)19-12)20-6-13(14,15)16/h3-5H,6H2,1-2H3. The Morgan fingerprint density at radius 3 is 2.81 bits per heavy atom. The van der Waals surface area contributed by atoms with Crippen molar-refractivity contribution in [1.82, 2.24) is 9.19 Å². The quantitative estimate of drug-likeness (QED) is 0.591. The Kier molecular flexibility index (Phi) is 3.58. The van der Waals surface area contributed by atoms with Gasteiger partial charge in [0.15, 0.2) is 0 Å². The Balaban J connectivity index is 1.94. The summed E-state index contributed by atoms with van der Waals surface area (Å²) in [6.45, 7) is 3.86. The fraction of sp³-hybridized carbons (Fsp3) is 0.385. The summed E-state index contributed by atoms with van der Waals surface area (Å²) in [5.41, 5.74) is 1.11. The number of ether oxygens (including phenoxy) is 1. The summed E-state index contributed by atoms with van der Waals surface area (Å²) in [7, 11) is 0. The molecule has 2 heterocycles. The summed E-state index contributed by atoms with van der Waals surface area (Å²) in [5, 5.41) is 4.18. The predicted molar refractivity (Wildman–Crippen MR) is 74.8 cm³/mol. The number of thioether (sulfide) groups is 1. The molecule has 0 bridgehead atoms. The van der Waals surface area contributed by atoms with Gasteiger partial charge in [-0.2, -0.15) is 0 Å². The molecule has 1 aliphatic rings. The van der Waals surface area contributed by atoms with Gasteiger partial charge in [0, 0.05) is 0 Å². The van der Waals surface area contributed by atoms with Crippen molar-refractivity contribution >= 4 is 26.5 Å². The number of alkyl halides is 3. The van der Waals surface area contributed by atoms with E-state index in [1.54, 1.807) is 18.2 Å². The minimum absolute atomic E-state index is 0.0692. The van der Waals surface area contributed by atoms with Crippen molar-refractivity contribution in [1.29, 1.82) is 0 Å². The zero-order valence-electron chi connectivity index (χ0n) is 11.2. The van der Waals surface area contributed by atoms with E-state index in [-0.39, 0.29) is 14.7 Å². The van der Waals surface area contributed by atoms with Gasteiger partial charge in [0.2, 0.25) is 0 Å². The average molecular weight is 379 g/mol. The number of fused-ring (bicyclic) bond motifs is 3. The molecule has 0 atom stereocenters. The third-order valence-corrected chi connectivity index (χ3v) is 6.23. The van der Waals surface area contributed by atoms with Gasteiger partial charge in [0.1, 0.15) is 0 Å². The van der Waals surface area contributed by atoms with Crippen LogP contribution in [0.4, 0.5) is 13.2 Å². The monoisotopic (exact) mass is 380 g/mol. The molecule has 0 saturated heterocycles. The van der Waals surface area contributed by atoms with Crippen LogP contribution in [0.2, 0.25) is 0 Å². The van der Waals surface area contributed by atoms with Crippen LogP contribution in [0.15, 0.2) is 23.1 Å². The molecule has 112 valence electrons. The van der Waals surface area contributed by atoms with Gasteiger partial charge in [-0.15, -0.1) is 0 Å². The van der Waals surface area contributed by atoms with Crippen LogP contribution in [0.1, 0.15) is 18.3 Å². The van der Waals surface area contributed by atoms with E-state index in [0.717, 1.165) is 27.5 Å². The number of benzene rings is 1. The summed E-state index contributed by atoms with van der Waals surface area (Å²) >= 11 is 0.685. The van der Waals surface area contributed by atoms with E-state index in [9.17, 15) is 13.2 Å². The molecule has 0 radical (unpaired) electrons. The molecule has 0 N–H and O–H groups in total. The minimum atomic E-state index is -4.18. The molecule has 0 amide bonds. The van der Waals surface area contributed by atoms with Crippen molar-refractivity contribution in [3.8, 4) is 17.0 Å². The van der Waals surface area contributed by atoms with Crippen molar-refractivity contribution in [2.24, 2.45) is 0 Å². The van der Waals surface area contributed by atoms with Crippen LogP contribution in [0, 0.1) is 0 Å². The Bertz CT molecular complexity index is 684. The van der Waals surface area contributed by atoms with Gasteiger partial charge in [0.25, 0.3) is 0 Å². The zero-order chi connectivity index (χ0) is 15.3. The first-order valence-electron chi connectivity index (χ1n) is 6.12. The van der Waals surface area contributed by atoms with Gasteiger partial charge >= 0.3 is 130 Å². The molecular weight excluding hydrogens is 368 g/mol. The molecule has 3 rings (SSSR count). The molecule has 1 aromatic carbocycles. The molecule has 8 heteroatoms. The van der Waals surface area contributed by atoms with Crippen LogP contribution < -0.4 is 4.74 Å². The van der Waals surface area contributed by atoms with Crippen LogP contribution in [-0.2, 0) is 5.60 Å². The number of aromatic nitrogens is 2. The molecule has 21 heavy (non-hydrogen) atoms. The summed E-state index contributed by atoms with van der Waals surface area (Å²) in [5.74, 6) is -0.339. The van der Waals surface area contributed by atoms with Crippen LogP contribution in [-0.4, -0.2) is 35.9 Å². The van der Waals surface area contributed by atoms with Crippen molar-refractivity contribution in [3.63, 3.8) is 0 Å². The van der Waals surface area contributed by atoms with Gasteiger partial charge in [-0.05, 0) is 0 Å². The van der Waals surface area contributed by atoms with Gasteiger partial charge in [0.05, 0.1) is 0 Å². The summed E-state index contributed by atoms with van der Waals surface area (Å²) in [6, 6.07) is 5.08. The van der Waals surface area contributed by atoms with Gasteiger partial charge in [-0.3, -0.25) is 0 Å². The molecule has 0 spiro atoms. The van der Waals surface area contributed by atoms with Gasteiger partial charge in [-0.25, -0.2) is 0 Å². The molecule has 1 aromatic heterocycles. The summed E-state index contributed by atoms with van der Waals surface area (Å²) in [6.07, 6.45) is -4.18.